The van der Waals surface area contributed by atoms with E-state index in [2.05, 4.69) is 16.0 Å². The van der Waals surface area contributed by atoms with Gasteiger partial charge >= 0.3 is 5.69 Å². The van der Waals surface area contributed by atoms with E-state index in [1.165, 1.54) is 18.3 Å². The first-order valence-electron chi connectivity index (χ1n) is 11.6. The molecular formula is C28H20N4O6. The van der Waals surface area contributed by atoms with Gasteiger partial charge < -0.3 is 13.9 Å². The third kappa shape index (κ3) is 4.56. The highest BCUT2D eigenvalue weighted by atomic mass is 16.6. The molecule has 0 saturated carbocycles. The molecule has 0 aliphatic rings. The van der Waals surface area contributed by atoms with Gasteiger partial charge in [0.15, 0.2) is 11.5 Å². The van der Waals surface area contributed by atoms with Crippen molar-refractivity contribution in [2.75, 3.05) is 13.2 Å². The van der Waals surface area contributed by atoms with Gasteiger partial charge in [0.05, 0.1) is 28.6 Å². The molecular weight excluding hydrogens is 488 g/mol. The molecule has 0 atom stereocenters. The van der Waals surface area contributed by atoms with E-state index in [1.54, 1.807) is 37.3 Å². The second kappa shape index (κ2) is 10.3. The topological polar surface area (TPSA) is 122 Å². The summed E-state index contributed by atoms with van der Waals surface area (Å²) in [6.07, 6.45) is 6.57. The van der Waals surface area contributed by atoms with Crippen LogP contribution in [0.25, 0.3) is 33.5 Å². The van der Waals surface area contributed by atoms with Crippen LogP contribution in [0, 0.1) is 22.5 Å². The van der Waals surface area contributed by atoms with Crippen LogP contribution in [0.5, 0.6) is 11.5 Å². The van der Waals surface area contributed by atoms with Crippen LogP contribution in [0.4, 0.5) is 5.69 Å². The largest absolute Gasteiger partial charge is 0.490 e. The van der Waals surface area contributed by atoms with E-state index in [9.17, 15) is 14.9 Å². The van der Waals surface area contributed by atoms with Gasteiger partial charge in [-0.05, 0) is 37.3 Å². The Morgan fingerprint density at radius 1 is 1.16 bits per heavy atom. The van der Waals surface area contributed by atoms with Crippen LogP contribution < -0.4 is 15.0 Å². The minimum Gasteiger partial charge on any atom is -0.490 e. The van der Waals surface area contributed by atoms with Gasteiger partial charge in [-0.2, -0.15) is 9.78 Å². The first-order valence-corrected chi connectivity index (χ1v) is 11.6. The van der Waals surface area contributed by atoms with Crippen molar-refractivity contribution in [3.63, 3.8) is 0 Å². The van der Waals surface area contributed by atoms with Crippen LogP contribution in [0.1, 0.15) is 12.5 Å². The Morgan fingerprint density at radius 2 is 1.95 bits per heavy atom. The summed E-state index contributed by atoms with van der Waals surface area (Å²) in [5, 5.41) is 17.3. The molecule has 5 rings (SSSR count). The molecule has 38 heavy (non-hydrogen) atoms. The number of rotatable bonds is 8. The van der Waals surface area contributed by atoms with Gasteiger partial charge in [0.1, 0.15) is 12.2 Å². The van der Waals surface area contributed by atoms with Gasteiger partial charge in [0.2, 0.25) is 11.6 Å². The fourth-order valence-corrected chi connectivity index (χ4v) is 3.95. The Kier molecular flexibility index (Phi) is 6.57. The maximum Gasteiger partial charge on any atom is 0.315 e. The summed E-state index contributed by atoms with van der Waals surface area (Å²) >= 11 is 0. The lowest BCUT2D eigenvalue weighted by Gasteiger charge is -2.12. The predicted molar refractivity (Wildman–Crippen MR) is 143 cm³/mol. The van der Waals surface area contributed by atoms with E-state index in [4.69, 9.17) is 20.3 Å². The van der Waals surface area contributed by atoms with Crippen LogP contribution in [0.3, 0.4) is 0 Å². The second-order valence-corrected chi connectivity index (χ2v) is 8.01. The number of terminal acetylenes is 1. The van der Waals surface area contributed by atoms with Gasteiger partial charge in [-0.25, -0.2) is 4.98 Å². The number of hydrogen-bond acceptors (Lipinski definition) is 8. The summed E-state index contributed by atoms with van der Waals surface area (Å²) in [6, 6.07) is 18.8. The van der Waals surface area contributed by atoms with E-state index in [-0.39, 0.29) is 36.2 Å². The van der Waals surface area contributed by atoms with Crippen LogP contribution >= 0.6 is 0 Å². The molecule has 2 aromatic heterocycles. The Hall–Kier alpha value is -5.43. The number of aromatic nitrogens is 2. The van der Waals surface area contributed by atoms with Gasteiger partial charge in [-0.1, -0.05) is 36.3 Å². The Morgan fingerprint density at radius 3 is 2.71 bits per heavy atom. The Labute approximate surface area is 215 Å². The molecule has 0 fully saturated rings. The molecule has 10 nitrogen and oxygen atoms in total. The van der Waals surface area contributed by atoms with Crippen molar-refractivity contribution in [1.29, 1.82) is 0 Å². The number of ether oxygens (including phenoxy) is 2. The van der Waals surface area contributed by atoms with E-state index >= 15 is 0 Å². The molecule has 0 bridgehead atoms. The third-order valence-corrected chi connectivity index (χ3v) is 5.58. The van der Waals surface area contributed by atoms with Crippen LogP contribution in [0.15, 0.2) is 81.0 Å². The Balaban J connectivity index is 1.68. The molecule has 0 amide bonds. The number of benzene rings is 3. The number of hydrogen-bond donors (Lipinski definition) is 0. The summed E-state index contributed by atoms with van der Waals surface area (Å²) < 4.78 is 18.0. The first kappa shape index (κ1) is 24.3. The second-order valence-electron chi connectivity index (χ2n) is 8.01. The van der Waals surface area contributed by atoms with Gasteiger partial charge in [0, 0.05) is 17.0 Å². The molecule has 0 unspecified atom stereocenters. The van der Waals surface area contributed by atoms with E-state index in [0.717, 1.165) is 10.1 Å². The number of furan rings is 1. The maximum atomic E-state index is 13.5. The summed E-state index contributed by atoms with van der Waals surface area (Å²) in [6.45, 7) is 1.79. The molecule has 188 valence electrons. The summed E-state index contributed by atoms with van der Waals surface area (Å²) in [5.74, 6) is 2.84. The molecule has 0 aliphatic heterocycles. The lowest BCUT2D eigenvalue weighted by Crippen LogP contribution is -2.20. The zero-order chi connectivity index (χ0) is 26.6. The SMILES string of the molecule is C#CCOc1c(OCC)cc(C=Nn2c(-c3cc4ccccc4o3)nc3ccccc3c2=O)cc1[N+](=O)[O-]. The maximum absolute atomic E-state index is 13.5. The quantitative estimate of drug-likeness (QED) is 0.125. The molecule has 5 aromatic rings. The fraction of sp³-hybridized carbons (Fsp3) is 0.107. The van der Waals surface area contributed by atoms with Crippen molar-refractivity contribution >= 4 is 33.8 Å². The molecule has 3 aromatic carbocycles. The van der Waals surface area contributed by atoms with Crippen molar-refractivity contribution in [2.45, 2.75) is 6.92 Å². The molecule has 2 heterocycles. The molecule has 0 N–H and O–H groups in total. The number of nitrogens with zero attached hydrogens (tertiary/aromatic N) is 4. The third-order valence-electron chi connectivity index (χ3n) is 5.58. The minimum absolute atomic E-state index is 0.0838. The summed E-state index contributed by atoms with van der Waals surface area (Å²) in [4.78, 5) is 29.3. The smallest absolute Gasteiger partial charge is 0.315 e. The molecule has 0 spiro atoms. The zero-order valence-electron chi connectivity index (χ0n) is 20.2. The summed E-state index contributed by atoms with van der Waals surface area (Å²) in [7, 11) is 0. The molecule has 0 radical (unpaired) electrons. The van der Waals surface area contributed by atoms with Gasteiger partial charge in [0.25, 0.3) is 5.56 Å². The van der Waals surface area contributed by atoms with Gasteiger partial charge in [-0.3, -0.25) is 14.9 Å². The highest BCUT2D eigenvalue weighted by molar-refractivity contribution is 5.85. The number of fused-ring (bicyclic) bond motifs is 2. The zero-order valence-corrected chi connectivity index (χ0v) is 20.2. The number of nitro benzene ring substituents is 1. The number of nitro groups is 1. The van der Waals surface area contributed by atoms with Crippen molar-refractivity contribution in [1.82, 2.24) is 9.66 Å². The van der Waals surface area contributed by atoms with Crippen LogP contribution in [-0.2, 0) is 0 Å². The monoisotopic (exact) mass is 508 g/mol. The molecule has 0 aliphatic carbocycles. The van der Waals surface area contributed by atoms with Crippen molar-refractivity contribution in [2.24, 2.45) is 5.10 Å². The summed E-state index contributed by atoms with van der Waals surface area (Å²) in [5.41, 5.74) is 0.609. The van der Waals surface area contributed by atoms with Crippen LogP contribution in [-0.4, -0.2) is 34.0 Å². The highest BCUT2D eigenvalue weighted by Gasteiger charge is 2.23. The predicted octanol–water partition coefficient (Wildman–Crippen LogP) is 5.01. The van der Waals surface area contributed by atoms with Crippen molar-refractivity contribution in [3.8, 4) is 35.4 Å². The van der Waals surface area contributed by atoms with Crippen molar-refractivity contribution < 1.29 is 18.8 Å². The first-order chi connectivity index (χ1) is 18.5. The van der Waals surface area contributed by atoms with Gasteiger partial charge in [-0.15, -0.1) is 6.42 Å². The average molecular weight is 508 g/mol. The number of para-hydroxylation sites is 2. The highest BCUT2D eigenvalue weighted by Crippen LogP contribution is 2.38. The normalized spacial score (nSPS) is 11.2. The minimum atomic E-state index is -0.602. The Bertz CT molecular complexity index is 1780. The standard InChI is InChI=1S/C28H20N4O6/c1-3-13-37-26-22(32(34)35)14-18(15-24(26)36-4-2)17-29-31-27(25-16-19-9-5-8-12-23(19)38-25)30-21-11-7-6-10-20(21)28(31)33/h1,5-12,14-17H,4,13H2,2H3. The lowest BCUT2D eigenvalue weighted by atomic mass is 10.2. The molecule has 0 saturated heterocycles. The van der Waals surface area contributed by atoms with Crippen molar-refractivity contribution in [3.05, 3.63) is 92.8 Å². The fourth-order valence-electron chi connectivity index (χ4n) is 3.95. The average Bonchev–Trinajstić information content (AvgIpc) is 3.36. The molecule has 10 heteroatoms. The van der Waals surface area contributed by atoms with E-state index in [0.29, 0.717) is 27.8 Å². The van der Waals surface area contributed by atoms with E-state index in [1.807, 2.05) is 24.3 Å². The van der Waals surface area contributed by atoms with Crippen LogP contribution in [0.2, 0.25) is 0 Å². The lowest BCUT2D eigenvalue weighted by molar-refractivity contribution is -0.385. The van der Waals surface area contributed by atoms with E-state index < -0.39 is 10.5 Å².